The highest BCUT2D eigenvalue weighted by molar-refractivity contribution is 7.80. The summed E-state index contributed by atoms with van der Waals surface area (Å²) in [5.41, 5.74) is 0. The molecule has 0 unspecified atom stereocenters. The van der Waals surface area contributed by atoms with Crippen molar-refractivity contribution in [3.63, 3.8) is 0 Å². The first kappa shape index (κ1) is 12.8. The van der Waals surface area contributed by atoms with Gasteiger partial charge in [-0.05, 0) is 26.2 Å². The molecule has 5 nitrogen and oxygen atoms in total. The van der Waals surface area contributed by atoms with Crippen LogP contribution in [0.3, 0.4) is 0 Å². The monoisotopic (exact) mass is 212 g/mol. The second-order valence-electron chi connectivity index (χ2n) is 2.51. The predicted octanol–water partition coefficient (Wildman–Crippen LogP) is 1.01. The molecule has 1 rings (SSSR count). The van der Waals surface area contributed by atoms with E-state index in [4.69, 9.17) is 9.29 Å². The van der Waals surface area contributed by atoms with E-state index in [9.17, 15) is 8.42 Å². The van der Waals surface area contributed by atoms with Crippen LogP contribution >= 0.6 is 0 Å². The molecular formula is C7H16O5S. The fourth-order valence-corrected chi connectivity index (χ4v) is 1.13. The molecule has 1 saturated heterocycles. The summed E-state index contributed by atoms with van der Waals surface area (Å²) in [6.45, 7) is 3.44. The van der Waals surface area contributed by atoms with Crippen molar-refractivity contribution in [1.82, 2.24) is 0 Å². The Morgan fingerprint density at radius 1 is 1.31 bits per heavy atom. The zero-order chi connectivity index (χ0) is 10.2. The van der Waals surface area contributed by atoms with E-state index in [0.29, 0.717) is 0 Å². The molecule has 0 spiro atoms. The predicted molar refractivity (Wildman–Crippen MR) is 47.8 cm³/mol. The van der Waals surface area contributed by atoms with Crippen LogP contribution < -0.4 is 0 Å². The van der Waals surface area contributed by atoms with E-state index < -0.39 is 10.4 Å². The van der Waals surface area contributed by atoms with Gasteiger partial charge in [0.1, 0.15) is 0 Å². The Kier molecular flexibility index (Phi) is 7.16. The molecule has 1 heterocycles. The van der Waals surface area contributed by atoms with E-state index in [1.54, 1.807) is 0 Å². The molecule has 0 amide bonds. The van der Waals surface area contributed by atoms with Crippen LogP contribution in [0, 0.1) is 0 Å². The Balaban J connectivity index is 0.000000223. The zero-order valence-corrected chi connectivity index (χ0v) is 8.55. The van der Waals surface area contributed by atoms with Crippen molar-refractivity contribution >= 4 is 10.4 Å². The topological polar surface area (TPSA) is 72.8 Å². The van der Waals surface area contributed by atoms with Crippen LogP contribution in [0.5, 0.6) is 0 Å². The number of hydrogen-bond donors (Lipinski definition) is 1. The van der Waals surface area contributed by atoms with Crippen LogP contribution in [0.2, 0.25) is 0 Å². The van der Waals surface area contributed by atoms with Gasteiger partial charge in [0.2, 0.25) is 0 Å². The van der Waals surface area contributed by atoms with Gasteiger partial charge in [-0.1, -0.05) is 0 Å². The molecule has 1 aliphatic rings. The molecule has 1 fully saturated rings. The molecule has 0 saturated carbocycles. The summed E-state index contributed by atoms with van der Waals surface area (Å²) in [4.78, 5) is 0. The van der Waals surface area contributed by atoms with Gasteiger partial charge in [-0.15, -0.1) is 0 Å². The van der Waals surface area contributed by atoms with Crippen LogP contribution in [0.15, 0.2) is 0 Å². The standard InChI is InChI=1S/C5H10O.C2H6O4S/c1-2-4-6-5-3-1;1-2-6-7(3,4)5/h1-5H2;2H2,1H3,(H,3,4,5). The Morgan fingerprint density at radius 3 is 1.92 bits per heavy atom. The lowest BCUT2D eigenvalue weighted by molar-refractivity contribution is 0.0968. The van der Waals surface area contributed by atoms with Crippen LogP contribution in [0.4, 0.5) is 0 Å². The Labute approximate surface area is 79.0 Å². The average Bonchev–Trinajstić information content (AvgIpc) is 2.06. The third kappa shape index (κ3) is 11.8. The molecular weight excluding hydrogens is 196 g/mol. The minimum absolute atomic E-state index is 0.0289. The summed E-state index contributed by atoms with van der Waals surface area (Å²) in [5.74, 6) is 0. The van der Waals surface area contributed by atoms with Gasteiger partial charge < -0.3 is 4.74 Å². The lowest BCUT2D eigenvalue weighted by atomic mass is 10.2. The fraction of sp³-hybridized carbons (Fsp3) is 1.00. The largest absolute Gasteiger partial charge is 0.397 e. The van der Waals surface area contributed by atoms with Gasteiger partial charge in [-0.2, -0.15) is 8.42 Å². The van der Waals surface area contributed by atoms with E-state index in [2.05, 4.69) is 4.18 Å². The highest BCUT2D eigenvalue weighted by Crippen LogP contribution is 2.02. The van der Waals surface area contributed by atoms with Crippen molar-refractivity contribution in [3.8, 4) is 0 Å². The molecule has 80 valence electrons. The van der Waals surface area contributed by atoms with E-state index in [1.165, 1.54) is 26.2 Å². The molecule has 13 heavy (non-hydrogen) atoms. The summed E-state index contributed by atoms with van der Waals surface area (Å²) in [6.07, 6.45) is 3.93. The second kappa shape index (κ2) is 7.25. The maximum absolute atomic E-state index is 9.56. The van der Waals surface area contributed by atoms with Crippen LogP contribution in [0.1, 0.15) is 26.2 Å². The molecule has 0 aliphatic carbocycles. The van der Waals surface area contributed by atoms with Crippen molar-refractivity contribution in [2.45, 2.75) is 26.2 Å². The van der Waals surface area contributed by atoms with Gasteiger partial charge in [-0.25, -0.2) is 4.18 Å². The van der Waals surface area contributed by atoms with Crippen molar-refractivity contribution in [2.75, 3.05) is 19.8 Å². The van der Waals surface area contributed by atoms with Crippen LogP contribution in [-0.2, 0) is 19.3 Å². The number of hydrogen-bond acceptors (Lipinski definition) is 4. The highest BCUT2D eigenvalue weighted by atomic mass is 32.3. The smallest absolute Gasteiger partial charge is 0.381 e. The number of rotatable bonds is 2. The van der Waals surface area contributed by atoms with Gasteiger partial charge in [0, 0.05) is 13.2 Å². The summed E-state index contributed by atoms with van der Waals surface area (Å²) in [5, 5.41) is 0. The van der Waals surface area contributed by atoms with Crippen molar-refractivity contribution < 1.29 is 21.9 Å². The third-order valence-electron chi connectivity index (χ3n) is 1.34. The van der Waals surface area contributed by atoms with E-state index >= 15 is 0 Å². The molecule has 0 aromatic carbocycles. The van der Waals surface area contributed by atoms with Gasteiger partial charge in [0.15, 0.2) is 0 Å². The molecule has 0 bridgehead atoms. The third-order valence-corrected chi connectivity index (χ3v) is 1.88. The maximum atomic E-state index is 9.56. The molecule has 0 aromatic heterocycles. The van der Waals surface area contributed by atoms with Crippen LogP contribution in [-0.4, -0.2) is 32.8 Å². The van der Waals surface area contributed by atoms with Gasteiger partial charge in [-0.3, -0.25) is 4.55 Å². The highest BCUT2D eigenvalue weighted by Gasteiger charge is 1.98. The SMILES string of the molecule is C1CCOCC1.CCOS(=O)(=O)O. The van der Waals surface area contributed by atoms with Gasteiger partial charge >= 0.3 is 10.4 Å². The molecule has 0 aromatic rings. The summed E-state index contributed by atoms with van der Waals surface area (Å²) in [7, 11) is -4.17. The fourth-order valence-electron chi connectivity index (χ4n) is 0.836. The van der Waals surface area contributed by atoms with Crippen molar-refractivity contribution in [3.05, 3.63) is 0 Å². The Hall–Kier alpha value is -0.170. The quantitative estimate of drug-likeness (QED) is 0.692. The van der Waals surface area contributed by atoms with Crippen molar-refractivity contribution in [1.29, 1.82) is 0 Å². The van der Waals surface area contributed by atoms with E-state index in [-0.39, 0.29) is 6.61 Å². The lowest BCUT2D eigenvalue weighted by Crippen LogP contribution is -2.03. The zero-order valence-electron chi connectivity index (χ0n) is 7.73. The maximum Gasteiger partial charge on any atom is 0.397 e. The lowest BCUT2D eigenvalue weighted by Gasteiger charge is -2.08. The molecule has 0 atom stereocenters. The first-order chi connectivity index (χ1) is 6.06. The molecule has 1 aliphatic heterocycles. The summed E-state index contributed by atoms with van der Waals surface area (Å²) in [6, 6.07) is 0. The minimum Gasteiger partial charge on any atom is -0.381 e. The van der Waals surface area contributed by atoms with E-state index in [0.717, 1.165) is 13.2 Å². The number of ether oxygens (including phenoxy) is 1. The first-order valence-electron chi connectivity index (χ1n) is 4.26. The van der Waals surface area contributed by atoms with Gasteiger partial charge in [0.05, 0.1) is 6.61 Å². The summed E-state index contributed by atoms with van der Waals surface area (Å²) >= 11 is 0. The Bertz CT molecular complexity index is 183. The normalized spacial score (nSPS) is 17.4. The van der Waals surface area contributed by atoms with Crippen molar-refractivity contribution in [2.24, 2.45) is 0 Å². The van der Waals surface area contributed by atoms with E-state index in [1.807, 2.05) is 0 Å². The minimum atomic E-state index is -4.17. The first-order valence-corrected chi connectivity index (χ1v) is 5.62. The summed E-state index contributed by atoms with van der Waals surface area (Å²) < 4.78 is 35.7. The second-order valence-corrected chi connectivity index (χ2v) is 3.60. The molecule has 1 N–H and O–H groups in total. The average molecular weight is 212 g/mol. The van der Waals surface area contributed by atoms with Gasteiger partial charge in [0.25, 0.3) is 0 Å². The Morgan fingerprint density at radius 2 is 1.85 bits per heavy atom. The molecule has 6 heteroatoms. The van der Waals surface area contributed by atoms with Crippen LogP contribution in [0.25, 0.3) is 0 Å². The molecule has 0 radical (unpaired) electrons.